The SMILES string of the molecule is C1=C(c2ccccc2)n2ncnc2N[C@@H]1c1ccccc1. The molecule has 0 aliphatic carbocycles. The van der Waals surface area contributed by atoms with E-state index in [1.54, 1.807) is 6.33 Å². The molecule has 1 N–H and O–H groups in total. The highest BCUT2D eigenvalue weighted by atomic mass is 15.4. The number of nitrogens with one attached hydrogen (secondary N) is 1. The van der Waals surface area contributed by atoms with Gasteiger partial charge in [-0.15, -0.1) is 0 Å². The van der Waals surface area contributed by atoms with Gasteiger partial charge >= 0.3 is 0 Å². The Hall–Kier alpha value is -2.88. The molecule has 4 heteroatoms. The molecule has 0 spiro atoms. The van der Waals surface area contributed by atoms with Crippen LogP contribution in [-0.4, -0.2) is 14.8 Å². The molecule has 4 nitrogen and oxygen atoms in total. The highest BCUT2D eigenvalue weighted by Gasteiger charge is 2.22. The standard InChI is InChI=1S/C17H14N4/c1-3-7-13(8-4-1)15-11-16(14-9-5-2-6-10-14)21-17(20-15)18-12-19-21/h1-12,15H,(H,18,19,20)/t15-/m0/s1. The summed E-state index contributed by atoms with van der Waals surface area (Å²) in [5, 5.41) is 7.72. The first kappa shape index (κ1) is 11.9. The van der Waals surface area contributed by atoms with Gasteiger partial charge in [-0.1, -0.05) is 60.7 Å². The van der Waals surface area contributed by atoms with Gasteiger partial charge in [-0.2, -0.15) is 14.8 Å². The Bertz CT molecular complexity index is 775. The molecule has 2 heterocycles. The number of rotatable bonds is 2. The lowest BCUT2D eigenvalue weighted by Gasteiger charge is -2.24. The van der Waals surface area contributed by atoms with Crippen molar-refractivity contribution in [3.63, 3.8) is 0 Å². The van der Waals surface area contributed by atoms with E-state index in [1.807, 2.05) is 41.1 Å². The first-order chi connectivity index (χ1) is 10.4. The maximum Gasteiger partial charge on any atom is 0.226 e. The predicted molar refractivity (Wildman–Crippen MR) is 82.6 cm³/mol. The van der Waals surface area contributed by atoms with Crippen molar-refractivity contribution in [2.45, 2.75) is 6.04 Å². The van der Waals surface area contributed by atoms with Crippen molar-refractivity contribution >= 4 is 11.6 Å². The molecule has 1 aliphatic heterocycles. The monoisotopic (exact) mass is 274 g/mol. The lowest BCUT2D eigenvalue weighted by Crippen LogP contribution is -2.19. The first-order valence-electron chi connectivity index (χ1n) is 6.91. The maximum atomic E-state index is 4.32. The minimum absolute atomic E-state index is 0.0955. The second-order valence-corrected chi connectivity index (χ2v) is 4.95. The minimum atomic E-state index is 0.0955. The van der Waals surface area contributed by atoms with Gasteiger partial charge in [-0.05, 0) is 11.6 Å². The molecule has 4 rings (SSSR count). The smallest absolute Gasteiger partial charge is 0.226 e. The van der Waals surface area contributed by atoms with E-state index in [2.05, 4.69) is 45.7 Å². The quantitative estimate of drug-likeness (QED) is 0.779. The molecule has 102 valence electrons. The lowest BCUT2D eigenvalue weighted by molar-refractivity contribution is 0.828. The summed E-state index contributed by atoms with van der Waals surface area (Å²) >= 11 is 0. The van der Waals surface area contributed by atoms with Crippen LogP contribution >= 0.6 is 0 Å². The van der Waals surface area contributed by atoms with E-state index in [9.17, 15) is 0 Å². The van der Waals surface area contributed by atoms with Gasteiger partial charge in [-0.3, -0.25) is 0 Å². The van der Waals surface area contributed by atoms with Crippen LogP contribution in [0.25, 0.3) is 5.70 Å². The van der Waals surface area contributed by atoms with Crippen LogP contribution in [0.2, 0.25) is 0 Å². The molecule has 1 aromatic heterocycles. The molecule has 0 bridgehead atoms. The van der Waals surface area contributed by atoms with Crippen LogP contribution in [0.5, 0.6) is 0 Å². The van der Waals surface area contributed by atoms with Crippen LogP contribution in [0.15, 0.2) is 73.1 Å². The summed E-state index contributed by atoms with van der Waals surface area (Å²) in [5.41, 5.74) is 3.39. The Morgan fingerprint density at radius 2 is 1.62 bits per heavy atom. The van der Waals surface area contributed by atoms with Gasteiger partial charge in [-0.25, -0.2) is 0 Å². The Balaban J connectivity index is 1.84. The fourth-order valence-electron chi connectivity index (χ4n) is 2.59. The largest absolute Gasteiger partial charge is 0.344 e. The van der Waals surface area contributed by atoms with Crippen molar-refractivity contribution in [1.82, 2.24) is 14.8 Å². The highest BCUT2D eigenvalue weighted by molar-refractivity contribution is 5.71. The zero-order valence-corrected chi connectivity index (χ0v) is 11.3. The third kappa shape index (κ3) is 2.10. The van der Waals surface area contributed by atoms with E-state index in [4.69, 9.17) is 0 Å². The molecular weight excluding hydrogens is 260 g/mol. The Kier molecular flexibility index (Phi) is 2.78. The van der Waals surface area contributed by atoms with Crippen molar-refractivity contribution in [2.24, 2.45) is 0 Å². The molecule has 2 aromatic carbocycles. The number of aromatic nitrogens is 3. The van der Waals surface area contributed by atoms with Gasteiger partial charge in [0.25, 0.3) is 0 Å². The van der Waals surface area contributed by atoms with Crippen molar-refractivity contribution in [1.29, 1.82) is 0 Å². The topological polar surface area (TPSA) is 42.7 Å². The van der Waals surface area contributed by atoms with Crippen molar-refractivity contribution in [2.75, 3.05) is 5.32 Å². The van der Waals surface area contributed by atoms with Crippen molar-refractivity contribution in [3.05, 3.63) is 84.2 Å². The van der Waals surface area contributed by atoms with Crippen LogP contribution in [0.4, 0.5) is 5.95 Å². The molecule has 21 heavy (non-hydrogen) atoms. The zero-order valence-electron chi connectivity index (χ0n) is 11.3. The van der Waals surface area contributed by atoms with Gasteiger partial charge in [0.1, 0.15) is 6.33 Å². The van der Waals surface area contributed by atoms with Gasteiger partial charge in [0.15, 0.2) is 0 Å². The molecule has 3 aromatic rings. The minimum Gasteiger partial charge on any atom is -0.344 e. The summed E-state index contributed by atoms with van der Waals surface area (Å²) in [6.07, 6.45) is 3.76. The Morgan fingerprint density at radius 3 is 2.38 bits per heavy atom. The molecule has 1 atom stereocenters. The molecule has 0 saturated carbocycles. The summed E-state index contributed by atoms with van der Waals surface area (Å²) in [7, 11) is 0. The number of hydrogen-bond donors (Lipinski definition) is 1. The third-order valence-electron chi connectivity index (χ3n) is 3.61. The second kappa shape index (κ2) is 4.90. The summed E-state index contributed by atoms with van der Waals surface area (Å²) in [4.78, 5) is 4.31. The van der Waals surface area contributed by atoms with Crippen LogP contribution < -0.4 is 5.32 Å². The van der Waals surface area contributed by atoms with E-state index in [0.29, 0.717) is 0 Å². The molecule has 0 unspecified atom stereocenters. The summed E-state index contributed by atoms with van der Waals surface area (Å²) in [5.74, 6) is 0.769. The van der Waals surface area contributed by atoms with Gasteiger partial charge in [0.2, 0.25) is 5.95 Å². The molecular formula is C17H14N4. The number of benzene rings is 2. The van der Waals surface area contributed by atoms with Crippen LogP contribution in [0, 0.1) is 0 Å². The zero-order chi connectivity index (χ0) is 14.1. The average Bonchev–Trinajstić information content (AvgIpc) is 3.04. The van der Waals surface area contributed by atoms with E-state index in [0.717, 1.165) is 17.2 Å². The van der Waals surface area contributed by atoms with Gasteiger partial charge < -0.3 is 5.32 Å². The molecule has 0 radical (unpaired) electrons. The lowest BCUT2D eigenvalue weighted by atomic mass is 10.0. The molecule has 0 saturated heterocycles. The molecule has 0 amide bonds. The van der Waals surface area contributed by atoms with Gasteiger partial charge in [0, 0.05) is 5.56 Å². The second-order valence-electron chi connectivity index (χ2n) is 4.95. The fraction of sp³-hybridized carbons (Fsp3) is 0.0588. The van der Waals surface area contributed by atoms with E-state index in [-0.39, 0.29) is 6.04 Å². The Morgan fingerprint density at radius 1 is 0.905 bits per heavy atom. The molecule has 0 fully saturated rings. The number of anilines is 1. The predicted octanol–water partition coefficient (Wildman–Crippen LogP) is 3.33. The summed E-state index contributed by atoms with van der Waals surface area (Å²) in [6, 6.07) is 20.7. The van der Waals surface area contributed by atoms with Crippen LogP contribution in [0.1, 0.15) is 17.2 Å². The van der Waals surface area contributed by atoms with E-state index >= 15 is 0 Å². The van der Waals surface area contributed by atoms with Crippen molar-refractivity contribution < 1.29 is 0 Å². The highest BCUT2D eigenvalue weighted by Crippen LogP contribution is 2.31. The van der Waals surface area contributed by atoms with E-state index in [1.165, 1.54) is 5.56 Å². The number of hydrogen-bond acceptors (Lipinski definition) is 3. The third-order valence-corrected chi connectivity index (χ3v) is 3.61. The van der Waals surface area contributed by atoms with Crippen LogP contribution in [0.3, 0.4) is 0 Å². The maximum absolute atomic E-state index is 4.32. The van der Waals surface area contributed by atoms with Gasteiger partial charge in [0.05, 0.1) is 11.7 Å². The van der Waals surface area contributed by atoms with Crippen LogP contribution in [-0.2, 0) is 0 Å². The fourth-order valence-corrected chi connectivity index (χ4v) is 2.59. The van der Waals surface area contributed by atoms with Crippen molar-refractivity contribution in [3.8, 4) is 0 Å². The number of nitrogens with zero attached hydrogens (tertiary/aromatic N) is 3. The normalized spacial score (nSPS) is 16.8. The molecule has 1 aliphatic rings. The average molecular weight is 274 g/mol. The number of fused-ring (bicyclic) bond motifs is 1. The Labute approximate surface area is 122 Å². The summed E-state index contributed by atoms with van der Waals surface area (Å²) in [6.45, 7) is 0. The van der Waals surface area contributed by atoms with E-state index < -0.39 is 0 Å². The summed E-state index contributed by atoms with van der Waals surface area (Å²) < 4.78 is 1.84. The first-order valence-corrected chi connectivity index (χ1v) is 6.91.